The molecule has 2 aromatic rings. The molecule has 1 saturated carbocycles. The molecule has 2 aromatic carbocycles. The maximum Gasteiger partial charge on any atom is 0.407 e. The molecule has 5 rings (SSSR count). The highest BCUT2D eigenvalue weighted by Crippen LogP contribution is 2.44. The highest BCUT2D eigenvalue weighted by atomic mass is 16.5. The number of ether oxygens (including phenoxy) is 1. The Labute approximate surface area is 199 Å². The number of nitrogens with one attached hydrogen (secondary N) is 1. The molecule has 2 N–H and O–H groups in total. The first-order valence-electron chi connectivity index (χ1n) is 11.9. The zero-order chi connectivity index (χ0) is 23.9. The summed E-state index contributed by atoms with van der Waals surface area (Å²) in [5.41, 5.74) is 3.14. The van der Waals surface area contributed by atoms with Gasteiger partial charge in [0.2, 0.25) is 5.91 Å². The molecule has 178 valence electrons. The van der Waals surface area contributed by atoms with Crippen molar-refractivity contribution < 1.29 is 24.2 Å². The molecular weight excluding hydrogens is 432 g/mol. The van der Waals surface area contributed by atoms with E-state index in [4.69, 9.17) is 4.74 Å². The van der Waals surface area contributed by atoms with Gasteiger partial charge in [0.05, 0.1) is 17.4 Å². The number of carboxylic acid groups (broad SMARTS) is 1. The van der Waals surface area contributed by atoms with Crippen LogP contribution < -0.4 is 5.32 Å². The maximum absolute atomic E-state index is 12.9. The molecule has 0 aromatic heterocycles. The number of aliphatic carboxylic acids is 1. The van der Waals surface area contributed by atoms with Gasteiger partial charge in [0.1, 0.15) is 6.61 Å². The number of hydrogen-bond acceptors (Lipinski definition) is 4. The molecule has 1 unspecified atom stereocenters. The molecule has 7 heteroatoms. The van der Waals surface area contributed by atoms with Gasteiger partial charge in [-0.3, -0.25) is 9.59 Å². The summed E-state index contributed by atoms with van der Waals surface area (Å²) < 4.78 is 5.69. The summed E-state index contributed by atoms with van der Waals surface area (Å²) in [6, 6.07) is 16.4. The van der Waals surface area contributed by atoms with Gasteiger partial charge in [0.25, 0.3) is 0 Å². The zero-order valence-electron chi connectivity index (χ0n) is 19.4. The minimum Gasteiger partial charge on any atom is -0.481 e. The van der Waals surface area contributed by atoms with Gasteiger partial charge in [-0.05, 0) is 54.9 Å². The standard InChI is InChI=1S/C27H30N2O5/c1-26(24(31)32)13-14-29(17-26)23(30)15-27(11-6-12-27)28-25(33)34-16-22-20-9-4-2-7-18(20)19-8-3-5-10-21(19)22/h2-5,7-10,22H,6,11-17H2,1H3,(H,28,33)(H,31,32). The first kappa shape index (κ1) is 22.4. The third kappa shape index (κ3) is 3.93. The van der Waals surface area contributed by atoms with E-state index in [1.807, 2.05) is 24.3 Å². The summed E-state index contributed by atoms with van der Waals surface area (Å²) in [4.78, 5) is 38.9. The number of alkyl carbamates (subject to hydrolysis) is 1. The second kappa shape index (κ2) is 8.46. The molecule has 1 heterocycles. The Morgan fingerprint density at radius 3 is 2.18 bits per heavy atom. The van der Waals surface area contributed by atoms with Crippen LogP contribution in [0.15, 0.2) is 48.5 Å². The maximum atomic E-state index is 12.9. The van der Waals surface area contributed by atoms with E-state index in [0.717, 1.165) is 17.5 Å². The fourth-order valence-electron chi connectivity index (χ4n) is 5.55. The van der Waals surface area contributed by atoms with E-state index in [1.165, 1.54) is 11.1 Å². The van der Waals surface area contributed by atoms with Crippen molar-refractivity contribution in [2.75, 3.05) is 19.7 Å². The van der Waals surface area contributed by atoms with E-state index < -0.39 is 23.0 Å². The molecule has 2 amide bonds. The molecule has 3 aliphatic rings. The van der Waals surface area contributed by atoms with E-state index in [-0.39, 0.29) is 31.4 Å². The number of benzene rings is 2. The van der Waals surface area contributed by atoms with Gasteiger partial charge in [-0.25, -0.2) is 4.79 Å². The Hall–Kier alpha value is -3.35. The van der Waals surface area contributed by atoms with Crippen LogP contribution in [0.4, 0.5) is 4.79 Å². The van der Waals surface area contributed by atoms with Gasteiger partial charge in [0.15, 0.2) is 0 Å². The predicted octanol–water partition coefficient (Wildman–Crippen LogP) is 4.16. The molecule has 0 spiro atoms. The smallest absolute Gasteiger partial charge is 0.407 e. The first-order chi connectivity index (χ1) is 16.3. The summed E-state index contributed by atoms with van der Waals surface area (Å²) in [6.45, 7) is 2.55. The van der Waals surface area contributed by atoms with Crippen molar-refractivity contribution in [2.45, 2.75) is 50.5 Å². The Kier molecular flexibility index (Phi) is 5.58. The third-order valence-corrected chi connectivity index (χ3v) is 7.85. The van der Waals surface area contributed by atoms with Crippen LogP contribution in [-0.2, 0) is 14.3 Å². The van der Waals surface area contributed by atoms with Crippen LogP contribution in [0.5, 0.6) is 0 Å². The fourth-order valence-corrected chi connectivity index (χ4v) is 5.55. The highest BCUT2D eigenvalue weighted by molar-refractivity contribution is 5.82. The first-order valence-corrected chi connectivity index (χ1v) is 11.9. The molecule has 2 aliphatic carbocycles. The normalized spacial score (nSPS) is 22.4. The minimum atomic E-state index is -0.900. The van der Waals surface area contributed by atoms with E-state index in [1.54, 1.807) is 11.8 Å². The van der Waals surface area contributed by atoms with Crippen molar-refractivity contribution in [3.05, 3.63) is 59.7 Å². The van der Waals surface area contributed by atoms with Crippen molar-refractivity contribution in [1.82, 2.24) is 10.2 Å². The van der Waals surface area contributed by atoms with Gasteiger partial charge >= 0.3 is 12.1 Å². The van der Waals surface area contributed by atoms with E-state index in [2.05, 4.69) is 29.6 Å². The van der Waals surface area contributed by atoms with Crippen LogP contribution in [0.25, 0.3) is 11.1 Å². The lowest BCUT2D eigenvalue weighted by molar-refractivity contribution is -0.147. The van der Waals surface area contributed by atoms with Gasteiger partial charge in [-0.1, -0.05) is 48.5 Å². The number of amides is 2. The molecule has 0 radical (unpaired) electrons. The van der Waals surface area contributed by atoms with Crippen molar-refractivity contribution >= 4 is 18.0 Å². The lowest BCUT2D eigenvalue weighted by Gasteiger charge is -2.42. The van der Waals surface area contributed by atoms with E-state index in [9.17, 15) is 19.5 Å². The SMILES string of the molecule is CC1(C(=O)O)CCN(C(=O)CC2(NC(=O)OCC3c4ccccc4-c4ccccc43)CCC2)C1. The summed E-state index contributed by atoms with van der Waals surface area (Å²) >= 11 is 0. The number of rotatable bonds is 6. The number of likely N-dealkylation sites (tertiary alicyclic amines) is 1. The largest absolute Gasteiger partial charge is 0.481 e. The van der Waals surface area contributed by atoms with Gasteiger partial charge in [-0.15, -0.1) is 0 Å². The summed E-state index contributed by atoms with van der Waals surface area (Å²) in [5, 5.41) is 12.4. The third-order valence-electron chi connectivity index (χ3n) is 7.85. The van der Waals surface area contributed by atoms with Gasteiger partial charge < -0.3 is 20.1 Å². The van der Waals surface area contributed by atoms with Crippen LogP contribution in [0.1, 0.15) is 56.1 Å². The van der Waals surface area contributed by atoms with Gasteiger partial charge in [-0.2, -0.15) is 0 Å². The van der Waals surface area contributed by atoms with Crippen LogP contribution in [-0.4, -0.2) is 53.2 Å². The lowest BCUT2D eigenvalue weighted by atomic mass is 9.74. The predicted molar refractivity (Wildman–Crippen MR) is 126 cm³/mol. The molecule has 0 bridgehead atoms. The van der Waals surface area contributed by atoms with Crippen LogP contribution in [0.3, 0.4) is 0 Å². The second-order valence-electron chi connectivity index (χ2n) is 10.2. The Morgan fingerprint density at radius 1 is 1.03 bits per heavy atom. The van der Waals surface area contributed by atoms with Crippen LogP contribution >= 0.6 is 0 Å². The van der Waals surface area contributed by atoms with Crippen molar-refractivity contribution in [2.24, 2.45) is 5.41 Å². The topological polar surface area (TPSA) is 95.9 Å². The Bertz CT molecular complexity index is 1100. The van der Waals surface area contributed by atoms with Crippen LogP contribution in [0.2, 0.25) is 0 Å². The molecule has 34 heavy (non-hydrogen) atoms. The highest BCUT2D eigenvalue weighted by Gasteiger charge is 2.46. The molecular formula is C27H30N2O5. The van der Waals surface area contributed by atoms with Gasteiger partial charge in [0, 0.05) is 19.0 Å². The summed E-state index contributed by atoms with van der Waals surface area (Å²) in [6.07, 6.45) is 2.48. The molecule has 1 atom stereocenters. The average Bonchev–Trinajstić information content (AvgIpc) is 3.36. The number of carbonyl (C=O) groups excluding carboxylic acids is 2. The summed E-state index contributed by atoms with van der Waals surface area (Å²) in [5.74, 6) is -1.00. The minimum absolute atomic E-state index is 0.0181. The van der Waals surface area contributed by atoms with E-state index >= 15 is 0 Å². The average molecular weight is 463 g/mol. The number of nitrogens with zero attached hydrogens (tertiary/aromatic N) is 1. The quantitative estimate of drug-likeness (QED) is 0.672. The molecule has 1 saturated heterocycles. The fraction of sp³-hybridized carbons (Fsp3) is 0.444. The van der Waals surface area contributed by atoms with Crippen molar-refractivity contribution in [3.63, 3.8) is 0 Å². The van der Waals surface area contributed by atoms with Crippen molar-refractivity contribution in [3.8, 4) is 11.1 Å². The number of carboxylic acids is 1. The summed E-state index contributed by atoms with van der Waals surface area (Å²) in [7, 11) is 0. The zero-order valence-corrected chi connectivity index (χ0v) is 19.4. The Morgan fingerprint density at radius 2 is 1.65 bits per heavy atom. The van der Waals surface area contributed by atoms with E-state index in [0.29, 0.717) is 25.8 Å². The Balaban J connectivity index is 1.21. The molecule has 1 aliphatic heterocycles. The van der Waals surface area contributed by atoms with Crippen molar-refractivity contribution in [1.29, 1.82) is 0 Å². The second-order valence-corrected chi connectivity index (χ2v) is 10.2. The molecule has 7 nitrogen and oxygen atoms in total. The monoisotopic (exact) mass is 462 g/mol. The molecule has 2 fully saturated rings. The van der Waals surface area contributed by atoms with Crippen LogP contribution in [0, 0.1) is 5.41 Å². The number of hydrogen-bond donors (Lipinski definition) is 2. The number of fused-ring (bicyclic) bond motifs is 3. The number of carbonyl (C=O) groups is 3. The lowest BCUT2D eigenvalue weighted by Crippen LogP contribution is -2.56.